The number of carbonyl (C=O) groups excluding carboxylic acids is 1. The number of carboxylic acid groups (broad SMARTS) is 1. The van der Waals surface area contributed by atoms with Crippen molar-refractivity contribution in [3.05, 3.63) is 15.5 Å². The second kappa shape index (κ2) is 6.21. The number of ether oxygens (including phenoxy) is 1. The van der Waals surface area contributed by atoms with Gasteiger partial charge in [0.1, 0.15) is 16.0 Å². The third kappa shape index (κ3) is 5.44. The number of hydrogen-bond acceptors (Lipinski definition) is 5. The maximum absolute atomic E-state index is 11.5. The third-order valence-corrected chi connectivity index (χ3v) is 3.12. The van der Waals surface area contributed by atoms with Crippen LogP contribution in [0.15, 0.2) is 5.51 Å². The van der Waals surface area contributed by atoms with Gasteiger partial charge in [0.15, 0.2) is 0 Å². The summed E-state index contributed by atoms with van der Waals surface area (Å²) >= 11 is 7.06. The van der Waals surface area contributed by atoms with Crippen molar-refractivity contribution in [2.24, 2.45) is 0 Å². The zero-order valence-corrected chi connectivity index (χ0v) is 12.3. The van der Waals surface area contributed by atoms with Gasteiger partial charge < -0.3 is 15.2 Å². The van der Waals surface area contributed by atoms with Crippen LogP contribution in [0.4, 0.5) is 4.79 Å². The van der Waals surface area contributed by atoms with Gasteiger partial charge in [-0.25, -0.2) is 14.6 Å². The molecule has 0 aliphatic heterocycles. The van der Waals surface area contributed by atoms with Crippen molar-refractivity contribution in [2.75, 3.05) is 0 Å². The summed E-state index contributed by atoms with van der Waals surface area (Å²) in [5.41, 5.74) is 1.27. The summed E-state index contributed by atoms with van der Waals surface area (Å²) in [5, 5.41) is 11.4. The SMILES string of the molecule is CC(C)(C)OC(=O)NC(Cc1ncsc1Cl)C(=O)O. The van der Waals surface area contributed by atoms with E-state index in [0.29, 0.717) is 10.0 Å². The number of hydrogen-bond donors (Lipinski definition) is 2. The van der Waals surface area contributed by atoms with E-state index >= 15 is 0 Å². The number of thiazole rings is 1. The van der Waals surface area contributed by atoms with Crippen LogP contribution in [0.25, 0.3) is 0 Å². The molecule has 0 fully saturated rings. The highest BCUT2D eigenvalue weighted by molar-refractivity contribution is 7.14. The summed E-state index contributed by atoms with van der Waals surface area (Å²) in [6, 6.07) is -1.13. The standard InChI is InChI=1S/C11H15ClN2O4S/c1-11(2,3)18-10(17)14-7(9(15)16)4-6-8(12)19-5-13-6/h5,7H,4H2,1-3H3,(H,14,17)(H,15,16). The molecule has 0 radical (unpaired) electrons. The van der Waals surface area contributed by atoms with Gasteiger partial charge in [0.05, 0.1) is 11.2 Å². The smallest absolute Gasteiger partial charge is 0.408 e. The number of carbonyl (C=O) groups is 2. The Labute approximate surface area is 119 Å². The van der Waals surface area contributed by atoms with Crippen LogP contribution in [0.2, 0.25) is 4.34 Å². The number of alkyl carbamates (subject to hydrolysis) is 1. The maximum Gasteiger partial charge on any atom is 0.408 e. The molecular weight excluding hydrogens is 292 g/mol. The van der Waals surface area contributed by atoms with Crippen LogP contribution in [0.5, 0.6) is 0 Å². The van der Waals surface area contributed by atoms with Gasteiger partial charge in [0.2, 0.25) is 0 Å². The van der Waals surface area contributed by atoms with Gasteiger partial charge >= 0.3 is 12.1 Å². The highest BCUT2D eigenvalue weighted by atomic mass is 35.5. The Morgan fingerprint density at radius 3 is 2.63 bits per heavy atom. The molecule has 0 saturated heterocycles. The monoisotopic (exact) mass is 306 g/mol. The normalized spacial score (nSPS) is 12.8. The Kier molecular flexibility index (Phi) is 5.13. The first-order valence-electron chi connectivity index (χ1n) is 5.49. The predicted molar refractivity (Wildman–Crippen MR) is 71.6 cm³/mol. The van der Waals surface area contributed by atoms with Crippen LogP contribution in [-0.4, -0.2) is 33.8 Å². The predicted octanol–water partition coefficient (Wildman–Crippen LogP) is 2.32. The summed E-state index contributed by atoms with van der Waals surface area (Å²) in [4.78, 5) is 26.6. The molecule has 0 saturated carbocycles. The van der Waals surface area contributed by atoms with Crippen LogP contribution in [-0.2, 0) is 16.0 Å². The quantitative estimate of drug-likeness (QED) is 0.891. The fraction of sp³-hybridized carbons (Fsp3) is 0.545. The molecule has 1 aromatic rings. The number of nitrogens with one attached hydrogen (secondary N) is 1. The van der Waals surface area contributed by atoms with Crippen molar-refractivity contribution in [2.45, 2.75) is 38.8 Å². The van der Waals surface area contributed by atoms with Crippen LogP contribution in [0.1, 0.15) is 26.5 Å². The molecule has 6 nitrogen and oxygen atoms in total. The van der Waals surface area contributed by atoms with Crippen molar-refractivity contribution in [1.29, 1.82) is 0 Å². The Hall–Kier alpha value is -1.34. The molecule has 1 unspecified atom stereocenters. The minimum Gasteiger partial charge on any atom is -0.480 e. The molecule has 0 aliphatic rings. The summed E-state index contributed by atoms with van der Waals surface area (Å²) in [6.07, 6.45) is -0.775. The van der Waals surface area contributed by atoms with Crippen molar-refractivity contribution >= 4 is 35.0 Å². The first kappa shape index (κ1) is 15.7. The zero-order chi connectivity index (χ0) is 14.6. The first-order chi connectivity index (χ1) is 8.69. The van der Waals surface area contributed by atoms with Crippen molar-refractivity contribution in [3.63, 3.8) is 0 Å². The molecule has 1 aromatic heterocycles. The molecule has 1 amide bonds. The van der Waals surface area contributed by atoms with E-state index in [4.69, 9.17) is 21.4 Å². The molecular formula is C11H15ClN2O4S. The van der Waals surface area contributed by atoms with E-state index in [1.54, 1.807) is 20.8 Å². The number of aromatic nitrogens is 1. The minimum atomic E-state index is -1.17. The molecule has 19 heavy (non-hydrogen) atoms. The molecule has 0 bridgehead atoms. The maximum atomic E-state index is 11.5. The Morgan fingerprint density at radius 1 is 1.58 bits per heavy atom. The van der Waals surface area contributed by atoms with Crippen LogP contribution in [0, 0.1) is 0 Å². The summed E-state index contributed by atoms with van der Waals surface area (Å²) in [7, 11) is 0. The number of nitrogens with zero attached hydrogens (tertiary/aromatic N) is 1. The Morgan fingerprint density at radius 2 is 2.21 bits per heavy atom. The lowest BCUT2D eigenvalue weighted by molar-refractivity contribution is -0.139. The number of halogens is 1. The van der Waals surface area contributed by atoms with Crippen LogP contribution in [0.3, 0.4) is 0 Å². The number of amides is 1. The highest BCUT2D eigenvalue weighted by Crippen LogP contribution is 2.21. The number of aliphatic carboxylic acids is 1. The Balaban J connectivity index is 2.67. The van der Waals surface area contributed by atoms with E-state index in [9.17, 15) is 9.59 Å². The first-order valence-corrected chi connectivity index (χ1v) is 6.75. The molecule has 0 aliphatic carbocycles. The molecule has 0 spiro atoms. The lowest BCUT2D eigenvalue weighted by atomic mass is 10.1. The molecule has 1 rings (SSSR count). The second-order valence-corrected chi connectivity index (χ2v) is 6.27. The summed E-state index contributed by atoms with van der Waals surface area (Å²) in [5.74, 6) is -1.17. The summed E-state index contributed by atoms with van der Waals surface area (Å²) in [6.45, 7) is 5.08. The van der Waals surface area contributed by atoms with E-state index in [1.807, 2.05) is 0 Å². The fourth-order valence-electron chi connectivity index (χ4n) is 1.23. The lowest BCUT2D eigenvalue weighted by Crippen LogP contribution is -2.44. The topological polar surface area (TPSA) is 88.5 Å². The van der Waals surface area contributed by atoms with Gasteiger partial charge in [0, 0.05) is 6.42 Å². The van der Waals surface area contributed by atoms with Gasteiger partial charge in [-0.15, -0.1) is 11.3 Å². The summed E-state index contributed by atoms with van der Waals surface area (Å²) < 4.78 is 5.42. The molecule has 2 N–H and O–H groups in total. The molecule has 1 heterocycles. The zero-order valence-electron chi connectivity index (χ0n) is 10.8. The average molecular weight is 307 g/mol. The van der Waals surface area contributed by atoms with E-state index in [2.05, 4.69) is 10.3 Å². The van der Waals surface area contributed by atoms with Gasteiger partial charge in [-0.05, 0) is 20.8 Å². The van der Waals surface area contributed by atoms with E-state index in [-0.39, 0.29) is 6.42 Å². The van der Waals surface area contributed by atoms with Gasteiger partial charge in [-0.3, -0.25) is 0 Å². The fourth-order valence-corrected chi connectivity index (χ4v) is 2.02. The number of carboxylic acids is 1. The molecule has 1 atom stereocenters. The van der Waals surface area contributed by atoms with Crippen molar-refractivity contribution in [1.82, 2.24) is 10.3 Å². The Bertz CT molecular complexity index is 470. The third-order valence-electron chi connectivity index (χ3n) is 1.98. The van der Waals surface area contributed by atoms with Crippen LogP contribution >= 0.6 is 22.9 Å². The highest BCUT2D eigenvalue weighted by Gasteiger charge is 2.25. The molecule has 8 heteroatoms. The van der Waals surface area contributed by atoms with Crippen LogP contribution < -0.4 is 5.32 Å². The largest absolute Gasteiger partial charge is 0.480 e. The lowest BCUT2D eigenvalue weighted by Gasteiger charge is -2.21. The van der Waals surface area contributed by atoms with Crippen molar-refractivity contribution < 1.29 is 19.4 Å². The number of rotatable bonds is 4. The molecule has 106 valence electrons. The van der Waals surface area contributed by atoms with Gasteiger partial charge in [0.25, 0.3) is 0 Å². The van der Waals surface area contributed by atoms with Gasteiger partial charge in [-0.1, -0.05) is 11.6 Å². The van der Waals surface area contributed by atoms with E-state index in [1.165, 1.54) is 16.8 Å². The van der Waals surface area contributed by atoms with E-state index < -0.39 is 23.7 Å². The molecule has 0 aromatic carbocycles. The average Bonchev–Trinajstić information content (AvgIpc) is 2.60. The van der Waals surface area contributed by atoms with Crippen molar-refractivity contribution in [3.8, 4) is 0 Å². The van der Waals surface area contributed by atoms with E-state index in [0.717, 1.165) is 0 Å². The van der Waals surface area contributed by atoms with Gasteiger partial charge in [-0.2, -0.15) is 0 Å². The second-order valence-electron chi connectivity index (χ2n) is 4.81. The minimum absolute atomic E-state index is 0.0108.